The first-order valence-electron chi connectivity index (χ1n) is 6.19. The molecule has 0 amide bonds. The summed E-state index contributed by atoms with van der Waals surface area (Å²) in [4.78, 5) is 35.6. The van der Waals surface area contributed by atoms with Gasteiger partial charge in [-0.1, -0.05) is 0 Å². The number of carbonyl (C=O) groups is 3. The molecule has 1 saturated heterocycles. The number of rotatable bonds is 2. The minimum atomic E-state index is -2.08. The first-order valence-corrected chi connectivity index (χ1v) is 6.19. The minimum absolute atomic E-state index is 0.292. The van der Waals surface area contributed by atoms with E-state index in [0.717, 1.165) is 6.92 Å². The predicted molar refractivity (Wildman–Crippen MR) is 65.1 cm³/mol. The van der Waals surface area contributed by atoms with Gasteiger partial charge in [0, 0.05) is 19.4 Å². The molecule has 118 valence electrons. The number of ketones is 1. The van der Waals surface area contributed by atoms with Crippen molar-refractivity contribution < 1.29 is 37.0 Å². The van der Waals surface area contributed by atoms with E-state index in [-0.39, 0.29) is 0 Å². The van der Waals surface area contributed by atoms with Crippen molar-refractivity contribution in [2.75, 3.05) is 0 Å². The van der Waals surface area contributed by atoms with Gasteiger partial charge in [0.15, 0.2) is 17.4 Å². The van der Waals surface area contributed by atoms with Crippen LogP contribution in [0.25, 0.3) is 0 Å². The van der Waals surface area contributed by atoms with Crippen LogP contribution in [0.2, 0.25) is 0 Å². The van der Waals surface area contributed by atoms with Gasteiger partial charge < -0.3 is 9.47 Å². The molecule has 2 rings (SSSR count). The molecule has 5 nitrogen and oxygen atoms in total. The van der Waals surface area contributed by atoms with Crippen molar-refractivity contribution in [2.24, 2.45) is 5.92 Å². The average Bonchev–Trinajstić information content (AvgIpc) is 2.38. The Labute approximate surface area is 123 Å². The quantitative estimate of drug-likeness (QED) is 0.361. The van der Waals surface area contributed by atoms with Crippen molar-refractivity contribution in [1.29, 1.82) is 0 Å². The Morgan fingerprint density at radius 2 is 1.59 bits per heavy atom. The maximum atomic E-state index is 13.9. The maximum Gasteiger partial charge on any atom is 0.331 e. The number of hydrogen-bond donors (Lipinski definition) is 0. The van der Waals surface area contributed by atoms with Crippen LogP contribution in [-0.2, 0) is 19.1 Å². The number of cyclic esters (lactones) is 2. The molecule has 1 aromatic carbocycles. The van der Waals surface area contributed by atoms with Crippen LogP contribution in [0.1, 0.15) is 29.8 Å². The summed E-state index contributed by atoms with van der Waals surface area (Å²) in [5.41, 5.74) is -1.66. The van der Waals surface area contributed by atoms with E-state index in [1.165, 1.54) is 13.8 Å². The van der Waals surface area contributed by atoms with Gasteiger partial charge in [0.05, 0.1) is 5.56 Å². The molecule has 0 aromatic heterocycles. The monoisotopic (exact) mass is 316 g/mol. The van der Waals surface area contributed by atoms with Crippen molar-refractivity contribution in [2.45, 2.75) is 26.6 Å². The lowest BCUT2D eigenvalue weighted by molar-refractivity contribution is -0.236. The lowest BCUT2D eigenvalue weighted by Gasteiger charge is -2.32. The van der Waals surface area contributed by atoms with Gasteiger partial charge in [-0.2, -0.15) is 0 Å². The number of hydrogen-bond acceptors (Lipinski definition) is 5. The van der Waals surface area contributed by atoms with Crippen molar-refractivity contribution >= 4 is 17.7 Å². The van der Waals surface area contributed by atoms with E-state index in [1.54, 1.807) is 0 Å². The molecule has 22 heavy (non-hydrogen) atoms. The number of Topliss-reactive ketones (excluding diaryl/α,β-unsaturated/α-hetero) is 1. The molecule has 1 fully saturated rings. The highest BCUT2D eigenvalue weighted by molar-refractivity contribution is 6.21. The van der Waals surface area contributed by atoms with Crippen LogP contribution in [-0.4, -0.2) is 23.5 Å². The first-order chi connectivity index (χ1) is 10.0. The number of benzene rings is 1. The van der Waals surface area contributed by atoms with Gasteiger partial charge in [0.1, 0.15) is 5.82 Å². The van der Waals surface area contributed by atoms with Crippen LogP contribution in [0.4, 0.5) is 13.2 Å². The van der Waals surface area contributed by atoms with E-state index in [9.17, 15) is 27.6 Å². The third kappa shape index (κ3) is 2.56. The van der Waals surface area contributed by atoms with E-state index in [4.69, 9.17) is 9.47 Å². The first kappa shape index (κ1) is 16.0. The Bertz CT molecular complexity index is 676. The molecule has 0 aliphatic carbocycles. The second-order valence-electron chi connectivity index (χ2n) is 5.20. The van der Waals surface area contributed by atoms with Crippen molar-refractivity contribution in [3.63, 3.8) is 0 Å². The smallest absolute Gasteiger partial charge is 0.331 e. The van der Waals surface area contributed by atoms with Crippen LogP contribution in [0.5, 0.6) is 0 Å². The van der Waals surface area contributed by atoms with Gasteiger partial charge in [0.25, 0.3) is 5.79 Å². The Hall–Kier alpha value is -2.38. The lowest BCUT2D eigenvalue weighted by Crippen LogP contribution is -2.49. The van der Waals surface area contributed by atoms with E-state index in [2.05, 4.69) is 0 Å². The van der Waals surface area contributed by atoms with E-state index >= 15 is 0 Å². The normalized spacial score (nSPS) is 17.9. The largest absolute Gasteiger partial charge is 0.422 e. The average molecular weight is 316 g/mol. The van der Waals surface area contributed by atoms with E-state index in [0.29, 0.717) is 6.07 Å². The fourth-order valence-electron chi connectivity index (χ4n) is 2.00. The number of esters is 2. The van der Waals surface area contributed by atoms with Gasteiger partial charge >= 0.3 is 11.9 Å². The number of halogens is 3. The molecule has 0 spiro atoms. The van der Waals surface area contributed by atoms with Crippen molar-refractivity contribution in [1.82, 2.24) is 0 Å². The molecule has 0 bridgehead atoms. The zero-order chi connectivity index (χ0) is 16.8. The summed E-state index contributed by atoms with van der Waals surface area (Å²) in [5, 5.41) is 0. The topological polar surface area (TPSA) is 69.7 Å². The SMILES string of the molecule is Cc1c(F)c(F)cc(C(=O)C2C(=O)OC(C)(C)OC2=O)c1F. The van der Waals surface area contributed by atoms with Crippen LogP contribution in [0.3, 0.4) is 0 Å². The number of carbonyl (C=O) groups excluding carboxylic acids is 3. The summed E-state index contributed by atoms with van der Waals surface area (Å²) in [6.07, 6.45) is 0. The third-order valence-electron chi connectivity index (χ3n) is 3.07. The number of ether oxygens (including phenoxy) is 2. The van der Waals surface area contributed by atoms with Crippen LogP contribution in [0, 0.1) is 30.3 Å². The molecule has 8 heteroatoms. The van der Waals surface area contributed by atoms with E-state index < -0.39 is 58.0 Å². The Morgan fingerprint density at radius 1 is 1.09 bits per heavy atom. The van der Waals surface area contributed by atoms with Gasteiger partial charge in [-0.3, -0.25) is 14.4 Å². The molecule has 1 aliphatic heterocycles. The highest BCUT2D eigenvalue weighted by atomic mass is 19.2. The van der Waals surface area contributed by atoms with Crippen LogP contribution < -0.4 is 0 Å². The van der Waals surface area contributed by atoms with Gasteiger partial charge in [-0.25, -0.2) is 13.2 Å². The van der Waals surface area contributed by atoms with Crippen molar-refractivity contribution in [3.05, 3.63) is 34.6 Å². The van der Waals surface area contributed by atoms with Crippen LogP contribution in [0.15, 0.2) is 6.07 Å². The molecule has 0 unspecified atom stereocenters. The fraction of sp³-hybridized carbons (Fsp3) is 0.357. The lowest BCUT2D eigenvalue weighted by atomic mass is 9.94. The molecule has 1 heterocycles. The maximum absolute atomic E-state index is 13.9. The molecule has 0 N–H and O–H groups in total. The summed E-state index contributed by atoms with van der Waals surface area (Å²) >= 11 is 0. The summed E-state index contributed by atoms with van der Waals surface area (Å²) in [6, 6.07) is 0.292. The highest BCUT2D eigenvalue weighted by Gasteiger charge is 2.48. The van der Waals surface area contributed by atoms with Gasteiger partial charge in [-0.05, 0) is 13.0 Å². The Morgan fingerprint density at radius 3 is 2.09 bits per heavy atom. The molecular formula is C14H11F3O5. The summed E-state index contributed by atoms with van der Waals surface area (Å²) in [6.45, 7) is 3.46. The van der Waals surface area contributed by atoms with Crippen LogP contribution >= 0.6 is 0 Å². The zero-order valence-electron chi connectivity index (χ0n) is 11.8. The minimum Gasteiger partial charge on any atom is -0.422 e. The van der Waals surface area contributed by atoms with Gasteiger partial charge in [0.2, 0.25) is 5.92 Å². The summed E-state index contributed by atoms with van der Waals surface area (Å²) in [7, 11) is 0. The molecule has 0 saturated carbocycles. The molecule has 0 radical (unpaired) electrons. The third-order valence-corrected chi connectivity index (χ3v) is 3.07. The highest BCUT2D eigenvalue weighted by Crippen LogP contribution is 2.28. The van der Waals surface area contributed by atoms with Crippen molar-refractivity contribution in [3.8, 4) is 0 Å². The second kappa shape index (κ2) is 5.11. The predicted octanol–water partition coefficient (Wildman–Crippen LogP) is 2.05. The zero-order valence-corrected chi connectivity index (χ0v) is 11.8. The summed E-state index contributed by atoms with van der Waals surface area (Å²) in [5.74, 6) is -11.8. The fourth-order valence-corrected chi connectivity index (χ4v) is 2.00. The van der Waals surface area contributed by atoms with E-state index in [1.807, 2.05) is 0 Å². The molecule has 1 aromatic rings. The standard InChI is InChI=1S/C14H11F3O5/c1-5-9(16)6(4-7(15)10(5)17)11(18)8-12(19)21-14(2,3)22-13(8)20/h4,8H,1-3H3. The molecular weight excluding hydrogens is 305 g/mol. The molecule has 0 atom stereocenters. The summed E-state index contributed by atoms with van der Waals surface area (Å²) < 4.78 is 49.9. The Kier molecular flexibility index (Phi) is 3.72. The molecule has 1 aliphatic rings. The Balaban J connectivity index is 2.45. The van der Waals surface area contributed by atoms with Gasteiger partial charge in [-0.15, -0.1) is 0 Å². The second-order valence-corrected chi connectivity index (χ2v) is 5.20.